The first-order valence-electron chi connectivity index (χ1n) is 13.8. The quantitative estimate of drug-likeness (QED) is 0.186. The molecule has 3 aliphatic rings. The molecule has 1 aliphatic carbocycles. The van der Waals surface area contributed by atoms with E-state index in [-0.39, 0.29) is 54.9 Å². The molecule has 2 aromatic carbocycles. The van der Waals surface area contributed by atoms with Crippen molar-refractivity contribution >= 4 is 11.9 Å². The van der Waals surface area contributed by atoms with Crippen molar-refractivity contribution in [2.24, 2.45) is 11.8 Å². The van der Waals surface area contributed by atoms with Crippen molar-refractivity contribution in [3.05, 3.63) is 41.0 Å². The highest BCUT2D eigenvalue weighted by Gasteiger charge is 2.53. The van der Waals surface area contributed by atoms with Crippen molar-refractivity contribution in [1.29, 1.82) is 0 Å². The number of phenols is 2. The van der Waals surface area contributed by atoms with Crippen LogP contribution in [-0.2, 0) is 14.3 Å². The molecule has 2 aromatic rings. The number of fused-ring (bicyclic) bond motifs is 3. The van der Waals surface area contributed by atoms with Crippen LogP contribution in [0.15, 0.2) is 24.3 Å². The molecule has 0 spiro atoms. The Morgan fingerprint density at radius 3 is 2.48 bits per heavy atom. The largest absolute Gasteiger partial charge is 0.504 e. The highest BCUT2D eigenvalue weighted by molar-refractivity contribution is 5.81. The van der Waals surface area contributed by atoms with E-state index in [4.69, 9.17) is 18.9 Å². The average Bonchev–Trinajstić information content (AvgIpc) is 3.57. The second-order valence-electron chi connectivity index (χ2n) is 10.3. The van der Waals surface area contributed by atoms with Crippen molar-refractivity contribution in [2.75, 3.05) is 53.2 Å². The summed E-state index contributed by atoms with van der Waals surface area (Å²) in [5.74, 6) is -1.62. The van der Waals surface area contributed by atoms with Crippen molar-refractivity contribution in [1.82, 2.24) is 15.5 Å². The van der Waals surface area contributed by atoms with E-state index in [0.29, 0.717) is 23.6 Å². The van der Waals surface area contributed by atoms with Crippen molar-refractivity contribution in [3.63, 3.8) is 0 Å². The maximum atomic E-state index is 13.2. The minimum absolute atomic E-state index is 0.0712. The lowest BCUT2D eigenvalue weighted by Crippen LogP contribution is -2.43. The SMILES string of the molecule is CCN(CC)CCNCCC(=O)N[C@@H]1c2cc3c(cc2C(c2cc(O)c(O)c(OC)c2)[C@H]2C(=O)OC[C@H]12)OCO3. The number of ether oxygens (including phenoxy) is 4. The Balaban J connectivity index is 1.44. The summed E-state index contributed by atoms with van der Waals surface area (Å²) in [5, 5.41) is 27.2. The van der Waals surface area contributed by atoms with Crippen LogP contribution in [-0.4, -0.2) is 80.2 Å². The van der Waals surface area contributed by atoms with E-state index in [1.54, 1.807) is 6.07 Å². The van der Waals surface area contributed by atoms with Gasteiger partial charge in [-0.15, -0.1) is 0 Å². The minimum atomic E-state index is -0.640. The summed E-state index contributed by atoms with van der Waals surface area (Å²) in [4.78, 5) is 28.6. The van der Waals surface area contributed by atoms with Crippen molar-refractivity contribution in [3.8, 4) is 28.7 Å². The number of esters is 1. The van der Waals surface area contributed by atoms with E-state index in [0.717, 1.165) is 37.3 Å². The molecule has 1 amide bonds. The molecule has 4 atom stereocenters. The van der Waals surface area contributed by atoms with Crippen LogP contribution in [0.4, 0.5) is 0 Å². The van der Waals surface area contributed by atoms with E-state index < -0.39 is 17.9 Å². The molecule has 11 heteroatoms. The summed E-state index contributed by atoms with van der Waals surface area (Å²) >= 11 is 0. The first kappa shape index (κ1) is 27.9. The Morgan fingerprint density at radius 2 is 1.77 bits per heavy atom. The number of cyclic esters (lactones) is 1. The molecule has 1 unspecified atom stereocenters. The molecule has 11 nitrogen and oxygen atoms in total. The zero-order chi connectivity index (χ0) is 28.4. The number of nitrogens with one attached hydrogen (secondary N) is 2. The number of likely N-dealkylation sites (N-methyl/N-ethyl adjacent to an activating group) is 1. The van der Waals surface area contributed by atoms with E-state index in [1.165, 1.54) is 13.2 Å². The number of phenolic OH excluding ortho intramolecular Hbond substituents is 2. The van der Waals surface area contributed by atoms with Crippen LogP contribution in [0.1, 0.15) is 48.9 Å². The van der Waals surface area contributed by atoms with Gasteiger partial charge in [-0.3, -0.25) is 9.59 Å². The molecule has 40 heavy (non-hydrogen) atoms. The van der Waals surface area contributed by atoms with Crippen LogP contribution in [0.25, 0.3) is 0 Å². The van der Waals surface area contributed by atoms with Gasteiger partial charge in [0.15, 0.2) is 23.0 Å². The number of rotatable bonds is 11. The molecule has 1 fully saturated rings. The smallest absolute Gasteiger partial charge is 0.310 e. The Bertz CT molecular complexity index is 1260. The maximum Gasteiger partial charge on any atom is 0.310 e. The highest BCUT2D eigenvalue weighted by Crippen LogP contribution is 2.55. The number of aromatic hydroxyl groups is 2. The monoisotopic (exact) mass is 555 g/mol. The molecule has 0 radical (unpaired) electrons. The fourth-order valence-electron chi connectivity index (χ4n) is 6.05. The Labute approximate surface area is 233 Å². The lowest BCUT2D eigenvalue weighted by molar-refractivity contribution is -0.141. The number of methoxy groups -OCH3 is 1. The first-order valence-corrected chi connectivity index (χ1v) is 13.8. The van der Waals surface area contributed by atoms with Gasteiger partial charge in [-0.1, -0.05) is 13.8 Å². The van der Waals surface area contributed by atoms with Gasteiger partial charge in [0.25, 0.3) is 0 Å². The molecular weight excluding hydrogens is 518 g/mol. The zero-order valence-corrected chi connectivity index (χ0v) is 23.1. The fraction of sp³-hybridized carbons (Fsp3) is 0.517. The third-order valence-corrected chi connectivity index (χ3v) is 8.19. The normalized spacial score (nSPS) is 22.6. The summed E-state index contributed by atoms with van der Waals surface area (Å²) in [7, 11) is 1.39. The van der Waals surface area contributed by atoms with E-state index in [1.807, 2.05) is 12.1 Å². The number of amides is 1. The highest BCUT2D eigenvalue weighted by atomic mass is 16.7. The van der Waals surface area contributed by atoms with Gasteiger partial charge in [0.2, 0.25) is 18.4 Å². The lowest BCUT2D eigenvalue weighted by Gasteiger charge is -2.39. The van der Waals surface area contributed by atoms with Gasteiger partial charge in [0.05, 0.1) is 25.7 Å². The van der Waals surface area contributed by atoms with Gasteiger partial charge < -0.3 is 44.7 Å². The van der Waals surface area contributed by atoms with Crippen molar-refractivity contribution < 1.29 is 38.7 Å². The van der Waals surface area contributed by atoms with Gasteiger partial charge >= 0.3 is 5.97 Å². The van der Waals surface area contributed by atoms with Crippen LogP contribution < -0.4 is 24.8 Å². The fourth-order valence-corrected chi connectivity index (χ4v) is 6.05. The second kappa shape index (κ2) is 11.8. The molecule has 1 saturated heterocycles. The Morgan fingerprint density at radius 1 is 1.05 bits per heavy atom. The minimum Gasteiger partial charge on any atom is -0.504 e. The van der Waals surface area contributed by atoms with Crippen molar-refractivity contribution in [2.45, 2.75) is 32.2 Å². The number of hydrogen-bond acceptors (Lipinski definition) is 10. The maximum absolute atomic E-state index is 13.2. The molecular formula is C29H37N3O8. The summed E-state index contributed by atoms with van der Waals surface area (Å²) in [6, 6.07) is 6.23. The summed E-state index contributed by atoms with van der Waals surface area (Å²) in [6.45, 7) is 8.68. The van der Waals surface area contributed by atoms with Crippen LogP contribution in [0.2, 0.25) is 0 Å². The van der Waals surface area contributed by atoms with Crippen LogP contribution in [0, 0.1) is 11.8 Å². The van der Waals surface area contributed by atoms with E-state index in [2.05, 4.69) is 29.4 Å². The molecule has 5 rings (SSSR count). The van der Waals surface area contributed by atoms with Crippen LogP contribution in [0.5, 0.6) is 28.7 Å². The van der Waals surface area contributed by atoms with Gasteiger partial charge in [-0.2, -0.15) is 0 Å². The second-order valence-corrected chi connectivity index (χ2v) is 10.3. The summed E-state index contributed by atoms with van der Waals surface area (Å²) in [6.07, 6.45) is 0.285. The number of nitrogens with zero attached hydrogens (tertiary/aromatic N) is 1. The third kappa shape index (κ3) is 5.23. The van der Waals surface area contributed by atoms with E-state index in [9.17, 15) is 19.8 Å². The summed E-state index contributed by atoms with van der Waals surface area (Å²) in [5.41, 5.74) is 2.12. The number of carbonyl (C=O) groups is 2. The average molecular weight is 556 g/mol. The van der Waals surface area contributed by atoms with Gasteiger partial charge in [-0.05, 0) is 54.0 Å². The van der Waals surface area contributed by atoms with Crippen LogP contribution in [0.3, 0.4) is 0 Å². The molecule has 4 N–H and O–H groups in total. The van der Waals surface area contributed by atoms with Gasteiger partial charge in [-0.25, -0.2) is 0 Å². The Hall–Kier alpha value is -3.70. The van der Waals surface area contributed by atoms with Gasteiger partial charge in [0, 0.05) is 37.9 Å². The van der Waals surface area contributed by atoms with Crippen LogP contribution >= 0.6 is 0 Å². The lowest BCUT2D eigenvalue weighted by atomic mass is 9.65. The Kier molecular flexibility index (Phi) is 8.22. The topological polar surface area (TPSA) is 139 Å². The summed E-state index contributed by atoms with van der Waals surface area (Å²) < 4.78 is 22.1. The number of benzene rings is 2. The number of carbonyl (C=O) groups excluding carboxylic acids is 2. The zero-order valence-electron chi connectivity index (χ0n) is 23.1. The molecule has 0 bridgehead atoms. The van der Waals surface area contributed by atoms with E-state index >= 15 is 0 Å². The predicted molar refractivity (Wildman–Crippen MR) is 145 cm³/mol. The first-order chi connectivity index (χ1) is 19.4. The predicted octanol–water partition coefficient (Wildman–Crippen LogP) is 2.25. The van der Waals surface area contributed by atoms with Gasteiger partial charge in [0.1, 0.15) is 0 Å². The molecule has 216 valence electrons. The number of hydrogen-bond donors (Lipinski definition) is 4. The standard InChI is InChI=1S/C29H37N3O8/c1-4-32(5-2)9-8-30-7-6-24(34)31-27-18-13-22-21(39-15-40-22)12-17(18)25(26-19(27)14-38-29(26)36)16-10-20(33)28(35)23(11-16)37-3/h10-13,19,25-27,30,33,35H,4-9,14-15H2,1-3H3,(H,31,34)/t19-,25?,26-,27+/m0/s1. The molecule has 2 aliphatic heterocycles. The third-order valence-electron chi connectivity index (χ3n) is 8.19. The molecule has 0 aromatic heterocycles. The molecule has 2 heterocycles. The molecule has 0 saturated carbocycles.